The minimum Gasteiger partial charge on any atom is -0.385 e. The van der Waals surface area contributed by atoms with E-state index in [9.17, 15) is 0 Å². The number of rotatable bonds is 0. The van der Waals surface area contributed by atoms with E-state index in [1.54, 1.807) is 0 Å². The summed E-state index contributed by atoms with van der Waals surface area (Å²) in [5.74, 6) is 0. The van der Waals surface area contributed by atoms with Crippen LogP contribution in [0.15, 0.2) is 30.3 Å². The van der Waals surface area contributed by atoms with Crippen LogP contribution in [0, 0.1) is 0 Å². The Kier molecular flexibility index (Phi) is 3.23. The number of hydrogen-bond acceptors (Lipinski definition) is 1. The number of fused-ring (bicyclic) bond motifs is 1. The predicted molar refractivity (Wildman–Crippen MR) is 62.4 cm³/mol. The first kappa shape index (κ1) is 9.32. The first-order valence-electron chi connectivity index (χ1n) is 5.46. The lowest BCUT2D eigenvalue weighted by Crippen LogP contribution is -2.03. The van der Waals surface area contributed by atoms with Crippen molar-refractivity contribution in [2.75, 3.05) is 11.9 Å². The number of benzene rings is 1. The second-order valence-electron chi connectivity index (χ2n) is 3.77. The second-order valence-corrected chi connectivity index (χ2v) is 3.77. The highest BCUT2D eigenvalue weighted by Gasteiger charge is 1.98. The van der Waals surface area contributed by atoms with E-state index in [0.717, 1.165) is 6.54 Å². The molecule has 0 aromatic heterocycles. The Hall–Kier alpha value is -1.24. The van der Waals surface area contributed by atoms with Gasteiger partial charge in [-0.05, 0) is 30.9 Å². The lowest BCUT2D eigenvalue weighted by Gasteiger charge is -2.10. The molecule has 1 heteroatoms. The lowest BCUT2D eigenvalue weighted by molar-refractivity contribution is 0.708. The molecular weight excluding hydrogens is 170 g/mol. The Labute approximate surface area is 85.8 Å². The smallest absolute Gasteiger partial charge is 0.0413 e. The molecule has 0 radical (unpaired) electrons. The maximum Gasteiger partial charge on any atom is 0.0413 e. The van der Waals surface area contributed by atoms with Crippen LogP contribution in [0.5, 0.6) is 0 Å². The van der Waals surface area contributed by atoms with E-state index in [2.05, 4.69) is 41.7 Å². The van der Waals surface area contributed by atoms with Crippen LogP contribution in [0.4, 0.5) is 5.69 Å². The molecule has 14 heavy (non-hydrogen) atoms. The third-order valence-electron chi connectivity index (χ3n) is 2.62. The molecule has 0 spiro atoms. The molecule has 0 saturated heterocycles. The van der Waals surface area contributed by atoms with Crippen LogP contribution in [-0.2, 0) is 0 Å². The van der Waals surface area contributed by atoms with Gasteiger partial charge in [0.05, 0.1) is 0 Å². The summed E-state index contributed by atoms with van der Waals surface area (Å²) in [7, 11) is 0. The van der Waals surface area contributed by atoms with Crippen molar-refractivity contribution in [3.63, 3.8) is 0 Å². The van der Waals surface area contributed by atoms with Crippen LogP contribution in [0.3, 0.4) is 0 Å². The molecule has 0 bridgehead atoms. The van der Waals surface area contributed by atoms with Gasteiger partial charge in [0, 0.05) is 12.2 Å². The molecule has 0 unspecified atom stereocenters. The second kappa shape index (κ2) is 4.85. The van der Waals surface area contributed by atoms with Gasteiger partial charge >= 0.3 is 0 Å². The van der Waals surface area contributed by atoms with Gasteiger partial charge in [0.25, 0.3) is 0 Å². The van der Waals surface area contributed by atoms with Crippen LogP contribution in [0.2, 0.25) is 0 Å². The first-order chi connectivity index (χ1) is 6.97. The summed E-state index contributed by atoms with van der Waals surface area (Å²) >= 11 is 0. The van der Waals surface area contributed by atoms with E-state index in [-0.39, 0.29) is 0 Å². The van der Waals surface area contributed by atoms with Crippen molar-refractivity contribution in [3.05, 3.63) is 35.9 Å². The van der Waals surface area contributed by atoms with Crippen molar-refractivity contribution >= 4 is 11.8 Å². The molecule has 0 amide bonds. The Bertz CT molecular complexity index is 315. The Morgan fingerprint density at radius 1 is 1.00 bits per heavy atom. The fraction of sp³-hybridized carbons (Fsp3) is 0.385. The molecule has 1 aromatic rings. The number of anilines is 1. The van der Waals surface area contributed by atoms with Crippen LogP contribution in [0.25, 0.3) is 6.08 Å². The van der Waals surface area contributed by atoms with Crippen LogP contribution >= 0.6 is 0 Å². The average Bonchev–Trinajstić information content (AvgIpc) is 2.25. The molecule has 1 N–H and O–H groups in total. The van der Waals surface area contributed by atoms with E-state index in [1.807, 2.05) is 0 Å². The van der Waals surface area contributed by atoms with Crippen molar-refractivity contribution in [2.24, 2.45) is 0 Å². The van der Waals surface area contributed by atoms with Gasteiger partial charge < -0.3 is 5.32 Å². The molecule has 74 valence electrons. The van der Waals surface area contributed by atoms with Gasteiger partial charge in [-0.3, -0.25) is 0 Å². The van der Waals surface area contributed by atoms with Crippen molar-refractivity contribution in [2.45, 2.75) is 25.7 Å². The average molecular weight is 187 g/mol. The summed E-state index contributed by atoms with van der Waals surface area (Å²) in [6.07, 6.45) is 9.66. The zero-order valence-corrected chi connectivity index (χ0v) is 8.50. The lowest BCUT2D eigenvalue weighted by atomic mass is 10.1. The summed E-state index contributed by atoms with van der Waals surface area (Å²) in [4.78, 5) is 0. The molecule has 1 aliphatic rings. The quantitative estimate of drug-likeness (QED) is 0.653. The summed E-state index contributed by atoms with van der Waals surface area (Å²) in [5.41, 5.74) is 2.58. The number of para-hydroxylation sites is 1. The zero-order valence-electron chi connectivity index (χ0n) is 8.50. The van der Waals surface area contributed by atoms with Crippen LogP contribution < -0.4 is 5.32 Å². The highest BCUT2D eigenvalue weighted by molar-refractivity contribution is 5.66. The molecule has 0 fully saturated rings. The van der Waals surface area contributed by atoms with Crippen molar-refractivity contribution in [1.29, 1.82) is 0 Å². The summed E-state index contributed by atoms with van der Waals surface area (Å²) in [6.45, 7) is 1.10. The predicted octanol–water partition coefficient (Wildman–Crippen LogP) is 3.69. The van der Waals surface area contributed by atoms with E-state index < -0.39 is 0 Å². The van der Waals surface area contributed by atoms with Crippen LogP contribution in [-0.4, -0.2) is 6.54 Å². The van der Waals surface area contributed by atoms with Crippen LogP contribution in [0.1, 0.15) is 31.2 Å². The molecule has 1 nitrogen and oxygen atoms in total. The summed E-state index contributed by atoms with van der Waals surface area (Å²) in [5, 5.41) is 3.48. The van der Waals surface area contributed by atoms with E-state index in [1.165, 1.54) is 36.9 Å². The van der Waals surface area contributed by atoms with Crippen molar-refractivity contribution in [1.82, 2.24) is 0 Å². The normalized spacial score (nSPS) is 16.9. The van der Waals surface area contributed by atoms with E-state index in [0.29, 0.717) is 0 Å². The largest absolute Gasteiger partial charge is 0.385 e. The van der Waals surface area contributed by atoms with E-state index >= 15 is 0 Å². The van der Waals surface area contributed by atoms with Gasteiger partial charge in [-0.25, -0.2) is 0 Å². The molecule has 2 rings (SSSR count). The first-order valence-corrected chi connectivity index (χ1v) is 5.46. The highest BCUT2D eigenvalue weighted by Crippen LogP contribution is 2.18. The number of nitrogens with one attached hydrogen (secondary N) is 1. The Morgan fingerprint density at radius 2 is 1.93 bits per heavy atom. The molecular formula is C13H17N. The van der Waals surface area contributed by atoms with Gasteiger partial charge in [-0.1, -0.05) is 36.8 Å². The molecule has 0 saturated carbocycles. The number of allylic oxidation sites excluding steroid dienone is 1. The van der Waals surface area contributed by atoms with E-state index in [4.69, 9.17) is 0 Å². The summed E-state index contributed by atoms with van der Waals surface area (Å²) in [6, 6.07) is 8.50. The van der Waals surface area contributed by atoms with Gasteiger partial charge in [0.2, 0.25) is 0 Å². The fourth-order valence-corrected chi connectivity index (χ4v) is 1.80. The third-order valence-corrected chi connectivity index (χ3v) is 2.62. The minimum atomic E-state index is 1.10. The van der Waals surface area contributed by atoms with Crippen molar-refractivity contribution < 1.29 is 0 Å². The van der Waals surface area contributed by atoms with Crippen molar-refractivity contribution in [3.8, 4) is 0 Å². The minimum absolute atomic E-state index is 1.10. The topological polar surface area (TPSA) is 12.0 Å². The number of hydrogen-bond donors (Lipinski definition) is 1. The zero-order chi connectivity index (χ0) is 9.64. The molecule has 1 heterocycles. The molecule has 1 aliphatic heterocycles. The Morgan fingerprint density at radius 3 is 2.93 bits per heavy atom. The standard InChI is InChI=1S/C13H17N/c1-2-4-8-12-9-5-6-10-13(12)14-11-7-3-1/h4-6,8-10,14H,1-3,7,11H2. The highest BCUT2D eigenvalue weighted by atomic mass is 14.9. The molecule has 0 atom stereocenters. The monoisotopic (exact) mass is 187 g/mol. The molecule has 1 aromatic carbocycles. The summed E-state index contributed by atoms with van der Waals surface area (Å²) < 4.78 is 0. The van der Waals surface area contributed by atoms with Gasteiger partial charge in [0.15, 0.2) is 0 Å². The maximum absolute atomic E-state index is 3.48. The van der Waals surface area contributed by atoms with Gasteiger partial charge in [0.1, 0.15) is 0 Å². The van der Waals surface area contributed by atoms with Gasteiger partial charge in [-0.15, -0.1) is 0 Å². The maximum atomic E-state index is 3.48. The Balaban J connectivity index is 2.21. The van der Waals surface area contributed by atoms with Gasteiger partial charge in [-0.2, -0.15) is 0 Å². The fourth-order valence-electron chi connectivity index (χ4n) is 1.80. The third kappa shape index (κ3) is 2.38. The SMILES string of the molecule is C1=Cc2ccccc2NCCCCC1. The molecule has 0 aliphatic carbocycles.